The van der Waals surface area contributed by atoms with E-state index in [1.54, 1.807) is 14.0 Å². The molecular weight excluding hydrogens is 461 g/mol. The zero-order valence-electron chi connectivity index (χ0n) is 16.4. The molecule has 1 aromatic carbocycles. The summed E-state index contributed by atoms with van der Waals surface area (Å²) in [6.07, 6.45) is 0. The fourth-order valence-electron chi connectivity index (χ4n) is 2.40. The Morgan fingerprint density at radius 2 is 1.93 bits per heavy atom. The summed E-state index contributed by atoms with van der Waals surface area (Å²) in [5.41, 5.74) is 1.07. The molecule has 8 nitrogen and oxygen atoms in total. The summed E-state index contributed by atoms with van der Waals surface area (Å²) in [4.78, 5) is 8.39. The highest BCUT2D eigenvalue weighted by Gasteiger charge is 2.13. The first-order valence-corrected chi connectivity index (χ1v) is 8.73. The van der Waals surface area contributed by atoms with Crippen LogP contribution in [0.15, 0.2) is 27.7 Å². The normalized spacial score (nSPS) is 12.1. The maximum Gasteiger partial charge on any atom is 0.223 e. The standard InChI is InChI=1S/C18H27N5O3.HI/c1-6-24-15-9-8-14(10-16(15)25-7-2)12(3)21-18(19-5)20-11-17-22-13(4)26-23-17;/h8-10,12H,6-7,11H2,1-5H3,(H2,19,20,21);1H. The lowest BCUT2D eigenvalue weighted by Crippen LogP contribution is -2.38. The van der Waals surface area contributed by atoms with Gasteiger partial charge < -0.3 is 24.6 Å². The van der Waals surface area contributed by atoms with E-state index < -0.39 is 0 Å². The first-order valence-electron chi connectivity index (χ1n) is 8.73. The number of aromatic nitrogens is 2. The van der Waals surface area contributed by atoms with Crippen LogP contribution in [0.3, 0.4) is 0 Å². The van der Waals surface area contributed by atoms with Crippen LogP contribution in [0.25, 0.3) is 0 Å². The number of hydrogen-bond acceptors (Lipinski definition) is 6. The van der Waals surface area contributed by atoms with E-state index in [4.69, 9.17) is 14.0 Å². The highest BCUT2D eigenvalue weighted by atomic mass is 127. The highest BCUT2D eigenvalue weighted by molar-refractivity contribution is 14.0. The van der Waals surface area contributed by atoms with Crippen LogP contribution in [-0.4, -0.2) is 36.4 Å². The smallest absolute Gasteiger partial charge is 0.223 e. The summed E-state index contributed by atoms with van der Waals surface area (Å²) < 4.78 is 16.3. The summed E-state index contributed by atoms with van der Waals surface area (Å²) >= 11 is 0. The number of guanidine groups is 1. The van der Waals surface area contributed by atoms with Gasteiger partial charge in [-0.2, -0.15) is 4.98 Å². The summed E-state index contributed by atoms with van der Waals surface area (Å²) in [7, 11) is 1.72. The third-order valence-corrected chi connectivity index (χ3v) is 3.63. The Labute approximate surface area is 177 Å². The van der Waals surface area contributed by atoms with Gasteiger partial charge in [0, 0.05) is 14.0 Å². The number of hydrogen-bond donors (Lipinski definition) is 2. The molecule has 9 heteroatoms. The van der Waals surface area contributed by atoms with Crippen LogP contribution < -0.4 is 20.1 Å². The molecule has 2 rings (SSSR count). The number of nitrogens with zero attached hydrogens (tertiary/aromatic N) is 3. The Morgan fingerprint density at radius 1 is 1.22 bits per heavy atom. The van der Waals surface area contributed by atoms with Gasteiger partial charge in [-0.15, -0.1) is 24.0 Å². The molecule has 0 amide bonds. The molecule has 27 heavy (non-hydrogen) atoms. The van der Waals surface area contributed by atoms with Gasteiger partial charge in [0.05, 0.1) is 25.8 Å². The van der Waals surface area contributed by atoms with Gasteiger partial charge in [-0.05, 0) is 38.5 Å². The van der Waals surface area contributed by atoms with Crippen molar-refractivity contribution in [1.82, 2.24) is 20.8 Å². The molecule has 2 aromatic rings. The summed E-state index contributed by atoms with van der Waals surface area (Å²) in [6, 6.07) is 5.95. The first kappa shape index (κ1) is 23.0. The van der Waals surface area contributed by atoms with E-state index in [1.807, 2.05) is 32.0 Å². The minimum atomic E-state index is 0. The Hall–Kier alpha value is -2.04. The van der Waals surface area contributed by atoms with Gasteiger partial charge in [-0.25, -0.2) is 0 Å². The second kappa shape index (κ2) is 11.6. The Bertz CT molecular complexity index is 736. The molecule has 0 bridgehead atoms. The molecule has 1 atom stereocenters. The van der Waals surface area contributed by atoms with Crippen molar-refractivity contribution in [2.45, 2.75) is 40.3 Å². The number of aryl methyl sites for hydroxylation is 1. The monoisotopic (exact) mass is 489 g/mol. The SMILES string of the molecule is CCOc1ccc(C(C)NC(=NC)NCc2noc(C)n2)cc1OCC.I. The molecule has 0 fully saturated rings. The van der Waals surface area contributed by atoms with Crippen LogP contribution >= 0.6 is 24.0 Å². The van der Waals surface area contributed by atoms with Gasteiger partial charge in [0.25, 0.3) is 0 Å². The van der Waals surface area contributed by atoms with Crippen molar-refractivity contribution in [3.63, 3.8) is 0 Å². The molecule has 0 radical (unpaired) electrons. The van der Waals surface area contributed by atoms with E-state index >= 15 is 0 Å². The van der Waals surface area contributed by atoms with Crippen LogP contribution in [0.4, 0.5) is 0 Å². The van der Waals surface area contributed by atoms with Crippen molar-refractivity contribution >= 4 is 29.9 Å². The number of rotatable bonds is 8. The zero-order chi connectivity index (χ0) is 18.9. The van der Waals surface area contributed by atoms with Gasteiger partial charge in [0.2, 0.25) is 5.89 Å². The number of halogens is 1. The van der Waals surface area contributed by atoms with Crippen molar-refractivity contribution in [3.8, 4) is 11.5 Å². The Morgan fingerprint density at radius 3 is 2.52 bits per heavy atom. The maximum absolute atomic E-state index is 5.69. The van der Waals surface area contributed by atoms with Crippen molar-refractivity contribution in [2.75, 3.05) is 20.3 Å². The minimum Gasteiger partial charge on any atom is -0.490 e. The maximum atomic E-state index is 5.69. The number of ether oxygens (including phenoxy) is 2. The number of aliphatic imine (C=N–C) groups is 1. The molecule has 0 aliphatic heterocycles. The largest absolute Gasteiger partial charge is 0.490 e. The van der Waals surface area contributed by atoms with E-state index in [2.05, 4.69) is 32.7 Å². The second-order valence-electron chi connectivity index (χ2n) is 5.59. The minimum absolute atomic E-state index is 0. The molecular formula is C18H28IN5O3. The lowest BCUT2D eigenvalue weighted by molar-refractivity contribution is 0.287. The van der Waals surface area contributed by atoms with Crippen LogP contribution in [0.2, 0.25) is 0 Å². The third kappa shape index (κ3) is 6.89. The van der Waals surface area contributed by atoms with E-state index in [9.17, 15) is 0 Å². The van der Waals surface area contributed by atoms with Gasteiger partial charge in [0.15, 0.2) is 23.3 Å². The molecule has 1 unspecified atom stereocenters. The topological polar surface area (TPSA) is 93.8 Å². The quantitative estimate of drug-likeness (QED) is 0.334. The van der Waals surface area contributed by atoms with Gasteiger partial charge in [-0.3, -0.25) is 4.99 Å². The van der Waals surface area contributed by atoms with Crippen LogP contribution in [0.1, 0.15) is 44.1 Å². The molecule has 0 aliphatic carbocycles. The van der Waals surface area contributed by atoms with E-state index in [0.29, 0.717) is 37.4 Å². The van der Waals surface area contributed by atoms with Gasteiger partial charge in [0.1, 0.15) is 0 Å². The van der Waals surface area contributed by atoms with Crippen molar-refractivity contribution in [1.29, 1.82) is 0 Å². The molecule has 0 spiro atoms. The van der Waals surface area contributed by atoms with Crippen molar-refractivity contribution < 1.29 is 14.0 Å². The fraction of sp³-hybridized carbons (Fsp3) is 0.500. The number of benzene rings is 1. The van der Waals surface area contributed by atoms with Crippen LogP contribution in [-0.2, 0) is 6.54 Å². The highest BCUT2D eigenvalue weighted by Crippen LogP contribution is 2.30. The van der Waals surface area contributed by atoms with E-state index in [0.717, 1.165) is 17.1 Å². The Kier molecular flexibility index (Phi) is 9.90. The van der Waals surface area contributed by atoms with Crippen molar-refractivity contribution in [3.05, 3.63) is 35.5 Å². The zero-order valence-corrected chi connectivity index (χ0v) is 18.7. The molecule has 1 heterocycles. The Balaban J connectivity index is 0.00000364. The summed E-state index contributed by atoms with van der Waals surface area (Å²) in [5, 5.41) is 10.4. The predicted molar refractivity (Wildman–Crippen MR) is 115 cm³/mol. The average Bonchev–Trinajstić information content (AvgIpc) is 3.05. The lowest BCUT2D eigenvalue weighted by Gasteiger charge is -2.19. The van der Waals surface area contributed by atoms with Crippen LogP contribution in [0.5, 0.6) is 11.5 Å². The average molecular weight is 489 g/mol. The van der Waals surface area contributed by atoms with Gasteiger partial charge >= 0.3 is 0 Å². The van der Waals surface area contributed by atoms with E-state index in [1.165, 1.54) is 0 Å². The van der Waals surface area contributed by atoms with E-state index in [-0.39, 0.29) is 30.0 Å². The molecule has 0 aliphatic rings. The van der Waals surface area contributed by atoms with Crippen LogP contribution in [0, 0.1) is 6.92 Å². The second-order valence-corrected chi connectivity index (χ2v) is 5.59. The third-order valence-electron chi connectivity index (χ3n) is 3.63. The van der Waals surface area contributed by atoms with Crippen molar-refractivity contribution in [2.24, 2.45) is 4.99 Å². The molecule has 1 aromatic heterocycles. The fourth-order valence-corrected chi connectivity index (χ4v) is 2.40. The lowest BCUT2D eigenvalue weighted by atomic mass is 10.1. The molecule has 0 saturated heterocycles. The predicted octanol–water partition coefficient (Wildman–Crippen LogP) is 3.22. The summed E-state index contributed by atoms with van der Waals surface area (Å²) in [6.45, 7) is 9.32. The molecule has 2 N–H and O–H groups in total. The first-order chi connectivity index (χ1) is 12.6. The molecule has 150 valence electrons. The molecule has 0 saturated carbocycles. The number of nitrogens with one attached hydrogen (secondary N) is 2. The summed E-state index contributed by atoms with van der Waals surface area (Å²) in [5.74, 6) is 3.26. The van der Waals surface area contributed by atoms with Gasteiger partial charge in [-0.1, -0.05) is 11.2 Å².